The van der Waals surface area contributed by atoms with Crippen molar-refractivity contribution >= 4 is 22.6 Å². The van der Waals surface area contributed by atoms with E-state index in [-0.39, 0.29) is 11.3 Å². The summed E-state index contributed by atoms with van der Waals surface area (Å²) < 4.78 is 0. The number of nitro groups is 1. The molecule has 0 aliphatic carbocycles. The molecule has 0 amide bonds. The Hall–Kier alpha value is -2.45. The van der Waals surface area contributed by atoms with E-state index in [1.807, 2.05) is 6.07 Å². The van der Waals surface area contributed by atoms with Gasteiger partial charge in [0.15, 0.2) is 0 Å². The van der Waals surface area contributed by atoms with Crippen molar-refractivity contribution in [2.75, 3.05) is 0 Å². The lowest BCUT2D eigenvalue weighted by Crippen LogP contribution is -2.00. The first-order valence-electron chi connectivity index (χ1n) is 5.12. The van der Waals surface area contributed by atoms with Crippen LogP contribution in [0.15, 0.2) is 47.8 Å². The van der Waals surface area contributed by atoms with E-state index in [0.717, 1.165) is 0 Å². The van der Waals surface area contributed by atoms with Crippen LogP contribution in [0.5, 0.6) is 0 Å². The molecule has 0 aliphatic rings. The van der Waals surface area contributed by atoms with Gasteiger partial charge in [-0.15, -0.1) is 11.3 Å². The third-order valence-corrected chi connectivity index (χ3v) is 3.22. The second-order valence-corrected chi connectivity index (χ2v) is 4.38. The largest absolute Gasteiger partial charge is 0.304 e. The predicted molar refractivity (Wildman–Crippen MR) is 70.2 cm³/mol. The molecule has 1 aromatic heterocycles. The molecule has 4 nitrogen and oxygen atoms in total. The molecule has 0 aliphatic heterocycles. The van der Waals surface area contributed by atoms with Gasteiger partial charge in [-0.2, -0.15) is 5.26 Å². The van der Waals surface area contributed by atoms with E-state index in [1.54, 1.807) is 47.8 Å². The van der Waals surface area contributed by atoms with Crippen LogP contribution in [0.4, 0.5) is 0 Å². The Balaban J connectivity index is 2.67. The Morgan fingerprint density at radius 2 is 1.94 bits per heavy atom. The van der Waals surface area contributed by atoms with Gasteiger partial charge in [0, 0.05) is 0 Å². The second kappa shape index (κ2) is 5.25. The zero-order valence-corrected chi connectivity index (χ0v) is 10.1. The smallest absolute Gasteiger partial charge is 0.258 e. The zero-order chi connectivity index (χ0) is 13.0. The van der Waals surface area contributed by atoms with Crippen LogP contribution in [0.3, 0.4) is 0 Å². The van der Waals surface area contributed by atoms with Crippen molar-refractivity contribution in [3.8, 4) is 6.07 Å². The molecule has 2 aromatic rings. The Kier molecular flexibility index (Phi) is 3.51. The maximum atomic E-state index is 11.2. The SMILES string of the molecule is N#C/C(=C(/c1cccs1)[N+](=O)[O-])c1ccccc1. The molecular weight excluding hydrogens is 248 g/mol. The van der Waals surface area contributed by atoms with E-state index in [9.17, 15) is 15.4 Å². The van der Waals surface area contributed by atoms with E-state index < -0.39 is 4.92 Å². The zero-order valence-electron chi connectivity index (χ0n) is 9.24. The minimum atomic E-state index is -0.503. The van der Waals surface area contributed by atoms with Crippen molar-refractivity contribution in [3.05, 3.63) is 68.4 Å². The Labute approximate surface area is 108 Å². The molecule has 0 atom stereocenters. The van der Waals surface area contributed by atoms with E-state index >= 15 is 0 Å². The molecule has 0 bridgehead atoms. The summed E-state index contributed by atoms with van der Waals surface area (Å²) in [5.74, 6) is 0. The monoisotopic (exact) mass is 256 g/mol. The normalized spacial score (nSPS) is 11.5. The Morgan fingerprint density at radius 1 is 1.22 bits per heavy atom. The highest BCUT2D eigenvalue weighted by molar-refractivity contribution is 7.11. The van der Waals surface area contributed by atoms with Crippen molar-refractivity contribution in [2.45, 2.75) is 0 Å². The fourth-order valence-electron chi connectivity index (χ4n) is 1.58. The van der Waals surface area contributed by atoms with Gasteiger partial charge in [0.05, 0.1) is 4.92 Å². The maximum absolute atomic E-state index is 11.2. The van der Waals surface area contributed by atoms with Gasteiger partial charge >= 0.3 is 5.70 Å². The molecule has 0 saturated heterocycles. The van der Waals surface area contributed by atoms with Crippen LogP contribution in [0, 0.1) is 21.4 Å². The Bertz CT molecular complexity index is 625. The van der Waals surface area contributed by atoms with Gasteiger partial charge in [-0.1, -0.05) is 36.4 Å². The number of hydrogen-bond donors (Lipinski definition) is 0. The summed E-state index contributed by atoms with van der Waals surface area (Å²) in [7, 11) is 0. The summed E-state index contributed by atoms with van der Waals surface area (Å²) in [6.45, 7) is 0. The van der Waals surface area contributed by atoms with Crippen LogP contribution < -0.4 is 0 Å². The summed E-state index contributed by atoms with van der Waals surface area (Å²) in [5, 5.41) is 22.1. The second-order valence-electron chi connectivity index (χ2n) is 3.44. The van der Waals surface area contributed by atoms with Gasteiger partial charge in [-0.3, -0.25) is 10.1 Å². The summed E-state index contributed by atoms with van der Waals surface area (Å²) >= 11 is 1.25. The van der Waals surface area contributed by atoms with Gasteiger partial charge in [-0.25, -0.2) is 0 Å². The fourth-order valence-corrected chi connectivity index (χ4v) is 2.33. The van der Waals surface area contributed by atoms with E-state index in [0.29, 0.717) is 10.4 Å². The summed E-state index contributed by atoms with van der Waals surface area (Å²) in [6.07, 6.45) is 0. The number of nitriles is 1. The lowest BCUT2D eigenvalue weighted by atomic mass is 10.0. The van der Waals surface area contributed by atoms with Crippen LogP contribution in [0.25, 0.3) is 11.3 Å². The molecule has 1 heterocycles. The molecule has 88 valence electrons. The summed E-state index contributed by atoms with van der Waals surface area (Å²) in [6, 6.07) is 14.0. The first-order chi connectivity index (χ1) is 8.74. The average molecular weight is 256 g/mol. The Morgan fingerprint density at radius 3 is 2.44 bits per heavy atom. The van der Waals surface area contributed by atoms with E-state index in [4.69, 9.17) is 0 Å². The summed E-state index contributed by atoms with van der Waals surface area (Å²) in [5.41, 5.74) is 0.502. The quantitative estimate of drug-likeness (QED) is 0.480. The fraction of sp³-hybridized carbons (Fsp3) is 0. The minimum absolute atomic E-state index is 0.0862. The van der Waals surface area contributed by atoms with Crippen LogP contribution >= 0.6 is 11.3 Å². The lowest BCUT2D eigenvalue weighted by Gasteiger charge is -2.00. The van der Waals surface area contributed by atoms with E-state index in [2.05, 4.69) is 0 Å². The van der Waals surface area contributed by atoms with Crippen LogP contribution in [0.1, 0.15) is 10.4 Å². The molecule has 18 heavy (non-hydrogen) atoms. The molecule has 0 radical (unpaired) electrons. The van der Waals surface area contributed by atoms with Crippen LogP contribution in [0.2, 0.25) is 0 Å². The standard InChI is InChI=1S/C13H8N2O2S/c14-9-11(10-5-2-1-3-6-10)13(15(16)17)12-7-4-8-18-12/h1-8H/b13-11+. The van der Waals surface area contributed by atoms with Crippen molar-refractivity contribution < 1.29 is 4.92 Å². The first kappa shape index (κ1) is 12.0. The molecular formula is C13H8N2O2S. The predicted octanol–water partition coefficient (Wildman–Crippen LogP) is 3.42. The topological polar surface area (TPSA) is 66.9 Å². The molecule has 2 rings (SSSR count). The maximum Gasteiger partial charge on any atom is 0.304 e. The number of rotatable bonds is 3. The molecule has 0 saturated carbocycles. The molecule has 1 aromatic carbocycles. The van der Waals surface area contributed by atoms with Crippen LogP contribution in [-0.2, 0) is 0 Å². The number of thiophene rings is 1. The third kappa shape index (κ3) is 2.29. The van der Waals surface area contributed by atoms with Gasteiger partial charge < -0.3 is 0 Å². The van der Waals surface area contributed by atoms with Gasteiger partial charge in [-0.05, 0) is 17.0 Å². The number of allylic oxidation sites excluding steroid dienone is 1. The molecule has 0 fully saturated rings. The highest BCUT2D eigenvalue weighted by atomic mass is 32.1. The molecule has 0 spiro atoms. The van der Waals surface area contributed by atoms with Gasteiger partial charge in [0.1, 0.15) is 16.5 Å². The minimum Gasteiger partial charge on any atom is -0.258 e. The van der Waals surface area contributed by atoms with Crippen molar-refractivity contribution in [1.29, 1.82) is 5.26 Å². The lowest BCUT2D eigenvalue weighted by molar-refractivity contribution is -0.374. The van der Waals surface area contributed by atoms with Gasteiger partial charge in [0.25, 0.3) is 0 Å². The number of benzene rings is 1. The number of hydrogen-bond acceptors (Lipinski definition) is 4. The molecule has 5 heteroatoms. The van der Waals surface area contributed by atoms with Crippen molar-refractivity contribution in [3.63, 3.8) is 0 Å². The number of nitrogens with zero attached hydrogens (tertiary/aromatic N) is 2. The average Bonchev–Trinajstić information content (AvgIpc) is 2.89. The third-order valence-electron chi connectivity index (χ3n) is 2.35. The molecule has 0 N–H and O–H groups in total. The molecule has 0 unspecified atom stereocenters. The highest BCUT2D eigenvalue weighted by Crippen LogP contribution is 2.29. The van der Waals surface area contributed by atoms with Crippen LogP contribution in [-0.4, -0.2) is 4.92 Å². The first-order valence-corrected chi connectivity index (χ1v) is 6.00. The van der Waals surface area contributed by atoms with Crippen molar-refractivity contribution in [1.82, 2.24) is 0 Å². The van der Waals surface area contributed by atoms with E-state index in [1.165, 1.54) is 11.3 Å². The summed E-state index contributed by atoms with van der Waals surface area (Å²) in [4.78, 5) is 11.2. The highest BCUT2D eigenvalue weighted by Gasteiger charge is 2.23. The van der Waals surface area contributed by atoms with Crippen molar-refractivity contribution in [2.24, 2.45) is 0 Å². The van der Waals surface area contributed by atoms with Gasteiger partial charge in [0.2, 0.25) is 0 Å².